The van der Waals surface area contributed by atoms with Gasteiger partial charge in [-0.25, -0.2) is 0 Å². The minimum absolute atomic E-state index is 0. The number of ether oxygens (including phenoxy) is 1. The van der Waals surface area contributed by atoms with Crippen molar-refractivity contribution in [1.82, 2.24) is 0 Å². The lowest BCUT2D eigenvalue weighted by Gasteiger charge is -2.41. The normalized spacial score (nSPS) is 19.7. The highest BCUT2D eigenvalue weighted by molar-refractivity contribution is 5.85. The Hall–Kier alpha value is -0.940. The third kappa shape index (κ3) is 2.82. The molecular weight excluding hydrogens is 266 g/mol. The van der Waals surface area contributed by atoms with Crippen molar-refractivity contribution in [3.63, 3.8) is 0 Å². The van der Waals surface area contributed by atoms with E-state index in [9.17, 15) is 9.90 Å². The van der Waals surface area contributed by atoms with E-state index in [1.54, 1.807) is 24.3 Å². The number of carbonyl (C=O) groups is 1. The van der Waals surface area contributed by atoms with Crippen LogP contribution < -0.4 is 5.73 Å². The van der Waals surface area contributed by atoms with Crippen molar-refractivity contribution in [2.75, 3.05) is 7.11 Å². The Balaban J connectivity index is 0.00000180. The molecule has 0 aliphatic heterocycles. The number of methoxy groups -OCH3 is 1. The maximum absolute atomic E-state index is 11.1. The van der Waals surface area contributed by atoms with Crippen LogP contribution in [0.2, 0.25) is 0 Å². The Morgan fingerprint density at radius 2 is 2.11 bits per heavy atom. The van der Waals surface area contributed by atoms with Gasteiger partial charge in [0.05, 0.1) is 0 Å². The van der Waals surface area contributed by atoms with Crippen LogP contribution in [0.25, 0.3) is 0 Å². The van der Waals surface area contributed by atoms with E-state index in [4.69, 9.17) is 10.5 Å². The van der Waals surface area contributed by atoms with Gasteiger partial charge in [-0.3, -0.25) is 10.5 Å². The van der Waals surface area contributed by atoms with Crippen molar-refractivity contribution in [3.05, 3.63) is 35.4 Å². The van der Waals surface area contributed by atoms with Crippen molar-refractivity contribution in [1.29, 1.82) is 0 Å². The average molecular weight is 286 g/mol. The van der Waals surface area contributed by atoms with Crippen molar-refractivity contribution in [2.24, 2.45) is 11.7 Å². The molecule has 5 heteroatoms. The molecule has 19 heavy (non-hydrogen) atoms. The number of carbonyl (C=O) groups excluding carboxylic acids is 1. The number of rotatable bonds is 5. The Bertz CT molecular complexity index is 436. The third-order valence-corrected chi connectivity index (χ3v) is 3.88. The summed E-state index contributed by atoms with van der Waals surface area (Å²) in [5, 5.41) is 10.4. The topological polar surface area (TPSA) is 72.5 Å². The standard InChI is InChI=1S/C14H19NO3.ClH/c1-18-14(15,13(17)10-6-4-7-10)12-8-3-2-5-11(12)9-16;/h2-3,5,8-10,13,17H,4,6-7,15H2,1H3;1H/t13-,14-;/m0./s1. The molecule has 2 atom stereocenters. The molecule has 0 amide bonds. The van der Waals surface area contributed by atoms with E-state index in [2.05, 4.69) is 0 Å². The SMILES string of the molecule is CO[C@@](N)(c1ccccc1C=O)[C@@H](O)C1CCC1.Cl. The smallest absolute Gasteiger partial charge is 0.169 e. The number of hydrogen-bond donors (Lipinski definition) is 2. The molecule has 0 radical (unpaired) electrons. The highest BCUT2D eigenvalue weighted by Gasteiger charge is 2.43. The quantitative estimate of drug-likeness (QED) is 0.640. The second kappa shape index (κ2) is 6.48. The largest absolute Gasteiger partial charge is 0.388 e. The van der Waals surface area contributed by atoms with Crippen LogP contribution in [-0.4, -0.2) is 24.6 Å². The van der Waals surface area contributed by atoms with Crippen LogP contribution in [0, 0.1) is 5.92 Å². The maximum Gasteiger partial charge on any atom is 0.169 e. The van der Waals surface area contributed by atoms with Crippen LogP contribution in [0.3, 0.4) is 0 Å². The number of halogens is 1. The summed E-state index contributed by atoms with van der Waals surface area (Å²) < 4.78 is 5.35. The molecule has 0 unspecified atom stereocenters. The summed E-state index contributed by atoms with van der Waals surface area (Å²) in [6.45, 7) is 0. The van der Waals surface area contributed by atoms with E-state index in [1.807, 2.05) is 0 Å². The minimum Gasteiger partial charge on any atom is -0.388 e. The van der Waals surface area contributed by atoms with Gasteiger partial charge in [-0.15, -0.1) is 12.4 Å². The first kappa shape index (κ1) is 16.1. The van der Waals surface area contributed by atoms with Crippen molar-refractivity contribution >= 4 is 18.7 Å². The number of hydrogen-bond acceptors (Lipinski definition) is 4. The predicted octanol–water partition coefficient (Wildman–Crippen LogP) is 1.84. The van der Waals surface area contributed by atoms with Gasteiger partial charge in [0.25, 0.3) is 0 Å². The summed E-state index contributed by atoms with van der Waals surface area (Å²) in [6, 6.07) is 6.96. The van der Waals surface area contributed by atoms with E-state index in [-0.39, 0.29) is 18.3 Å². The van der Waals surface area contributed by atoms with E-state index in [0.29, 0.717) is 11.1 Å². The summed E-state index contributed by atoms with van der Waals surface area (Å²) in [6.07, 6.45) is 2.96. The Morgan fingerprint density at radius 3 is 2.58 bits per heavy atom. The van der Waals surface area contributed by atoms with Gasteiger partial charge >= 0.3 is 0 Å². The highest BCUT2D eigenvalue weighted by Crippen LogP contribution is 2.38. The molecule has 2 rings (SSSR count). The van der Waals surface area contributed by atoms with Crippen LogP contribution in [-0.2, 0) is 10.5 Å². The van der Waals surface area contributed by atoms with Gasteiger partial charge in [0.2, 0.25) is 0 Å². The number of benzene rings is 1. The second-order valence-corrected chi connectivity index (χ2v) is 4.84. The first-order valence-corrected chi connectivity index (χ1v) is 6.20. The molecule has 0 spiro atoms. The fraction of sp³-hybridized carbons (Fsp3) is 0.500. The molecule has 1 aromatic carbocycles. The Kier molecular flexibility index (Phi) is 5.50. The van der Waals surface area contributed by atoms with Gasteiger partial charge in [-0.1, -0.05) is 30.7 Å². The monoisotopic (exact) mass is 285 g/mol. The molecule has 0 saturated heterocycles. The first-order valence-electron chi connectivity index (χ1n) is 6.20. The van der Waals surface area contributed by atoms with Gasteiger partial charge in [-0.2, -0.15) is 0 Å². The fourth-order valence-electron chi connectivity index (χ4n) is 2.45. The van der Waals surface area contributed by atoms with Gasteiger partial charge < -0.3 is 9.84 Å². The lowest BCUT2D eigenvalue weighted by molar-refractivity contribution is -0.139. The van der Waals surface area contributed by atoms with E-state index >= 15 is 0 Å². The molecule has 1 saturated carbocycles. The molecule has 1 aromatic rings. The number of aliphatic hydroxyl groups excluding tert-OH is 1. The van der Waals surface area contributed by atoms with Crippen molar-refractivity contribution in [3.8, 4) is 0 Å². The van der Waals surface area contributed by atoms with Crippen LogP contribution in [0.4, 0.5) is 0 Å². The molecule has 0 heterocycles. The Morgan fingerprint density at radius 1 is 1.47 bits per heavy atom. The zero-order valence-corrected chi connectivity index (χ0v) is 11.7. The van der Waals surface area contributed by atoms with Gasteiger partial charge in [0.1, 0.15) is 12.4 Å². The second-order valence-electron chi connectivity index (χ2n) is 4.84. The molecule has 4 nitrogen and oxygen atoms in total. The molecular formula is C14H20ClNO3. The highest BCUT2D eigenvalue weighted by atomic mass is 35.5. The molecule has 1 fully saturated rings. The number of aliphatic hydroxyl groups is 1. The third-order valence-electron chi connectivity index (χ3n) is 3.88. The summed E-state index contributed by atoms with van der Waals surface area (Å²) in [4.78, 5) is 11.1. The Labute approximate surface area is 119 Å². The summed E-state index contributed by atoms with van der Waals surface area (Å²) in [5.41, 5.74) is 5.90. The first-order chi connectivity index (χ1) is 8.63. The van der Waals surface area contributed by atoms with Gasteiger partial charge in [0, 0.05) is 18.2 Å². The lowest BCUT2D eigenvalue weighted by atomic mass is 9.75. The van der Waals surface area contributed by atoms with Crippen LogP contribution in [0.15, 0.2) is 24.3 Å². The van der Waals surface area contributed by atoms with E-state index in [1.165, 1.54) is 7.11 Å². The van der Waals surface area contributed by atoms with E-state index in [0.717, 1.165) is 25.5 Å². The zero-order valence-electron chi connectivity index (χ0n) is 10.9. The van der Waals surface area contributed by atoms with Crippen LogP contribution in [0.1, 0.15) is 35.2 Å². The van der Waals surface area contributed by atoms with Crippen molar-refractivity contribution < 1.29 is 14.6 Å². The molecule has 1 aliphatic carbocycles. The minimum atomic E-state index is -1.32. The summed E-state index contributed by atoms with van der Waals surface area (Å²) >= 11 is 0. The zero-order chi connectivity index (χ0) is 13.2. The molecule has 3 N–H and O–H groups in total. The fourth-order valence-corrected chi connectivity index (χ4v) is 2.45. The summed E-state index contributed by atoms with van der Waals surface area (Å²) in [5.74, 6) is 0.148. The molecule has 106 valence electrons. The number of aldehydes is 1. The van der Waals surface area contributed by atoms with Gasteiger partial charge in [-0.05, 0) is 18.8 Å². The average Bonchev–Trinajstić information content (AvgIpc) is 2.35. The lowest BCUT2D eigenvalue weighted by Crippen LogP contribution is -2.54. The van der Waals surface area contributed by atoms with Gasteiger partial charge in [0.15, 0.2) is 5.72 Å². The van der Waals surface area contributed by atoms with E-state index < -0.39 is 11.8 Å². The molecule has 0 aromatic heterocycles. The summed E-state index contributed by atoms with van der Waals surface area (Å²) in [7, 11) is 1.46. The van der Waals surface area contributed by atoms with Crippen LogP contribution in [0.5, 0.6) is 0 Å². The molecule has 1 aliphatic rings. The predicted molar refractivity (Wildman–Crippen MR) is 75.3 cm³/mol. The van der Waals surface area contributed by atoms with Crippen molar-refractivity contribution in [2.45, 2.75) is 31.1 Å². The number of nitrogens with two attached hydrogens (primary N) is 1. The molecule has 0 bridgehead atoms. The maximum atomic E-state index is 11.1. The van der Waals surface area contributed by atoms with Crippen LogP contribution >= 0.6 is 12.4 Å².